The molecule has 0 aliphatic heterocycles. The molecule has 0 saturated carbocycles. The Morgan fingerprint density at radius 2 is 2.28 bits per heavy atom. The summed E-state index contributed by atoms with van der Waals surface area (Å²) in [6.45, 7) is 0.903. The molecule has 2 aromatic rings. The van der Waals surface area contributed by atoms with Crippen LogP contribution in [0.4, 0.5) is 4.39 Å². The van der Waals surface area contributed by atoms with Crippen molar-refractivity contribution in [2.24, 2.45) is 0 Å². The van der Waals surface area contributed by atoms with Gasteiger partial charge in [0.1, 0.15) is 5.82 Å². The van der Waals surface area contributed by atoms with Crippen LogP contribution in [0.25, 0.3) is 11.4 Å². The normalized spacial score (nSPS) is 10.8. The molecule has 0 saturated heterocycles. The molecule has 2 rings (SSSR count). The number of aryl methyl sites for hydroxylation is 1. The van der Waals surface area contributed by atoms with Crippen molar-refractivity contribution in [1.29, 1.82) is 0 Å². The summed E-state index contributed by atoms with van der Waals surface area (Å²) >= 11 is 3.13. The molecule has 18 heavy (non-hydrogen) atoms. The van der Waals surface area contributed by atoms with E-state index < -0.39 is 0 Å². The molecule has 0 unspecified atom stereocenters. The van der Waals surface area contributed by atoms with Crippen LogP contribution in [0.3, 0.4) is 0 Å². The van der Waals surface area contributed by atoms with E-state index in [0.717, 1.165) is 24.9 Å². The van der Waals surface area contributed by atoms with Gasteiger partial charge in [0.15, 0.2) is 0 Å². The highest BCUT2D eigenvalue weighted by atomic mass is 79.9. The zero-order chi connectivity index (χ0) is 13.0. The van der Waals surface area contributed by atoms with Gasteiger partial charge in [-0.25, -0.2) is 4.39 Å². The zero-order valence-electron chi connectivity index (χ0n) is 9.91. The molecule has 4 nitrogen and oxygen atoms in total. The van der Waals surface area contributed by atoms with Crippen LogP contribution in [-0.2, 0) is 6.42 Å². The second-order valence-corrected chi connectivity index (χ2v) is 4.70. The maximum atomic E-state index is 13.1. The molecule has 0 spiro atoms. The molecule has 0 aliphatic carbocycles. The maximum Gasteiger partial charge on any atom is 0.227 e. The van der Waals surface area contributed by atoms with E-state index in [9.17, 15) is 4.39 Å². The first kappa shape index (κ1) is 13.2. The Kier molecular flexibility index (Phi) is 4.43. The first-order chi connectivity index (χ1) is 8.70. The summed E-state index contributed by atoms with van der Waals surface area (Å²) in [7, 11) is 1.90. The van der Waals surface area contributed by atoms with E-state index in [1.165, 1.54) is 6.07 Å². The molecule has 0 amide bonds. The SMILES string of the molecule is CNCCCc1nc(-c2ccc(F)c(Br)c2)no1. The first-order valence-electron chi connectivity index (χ1n) is 5.63. The van der Waals surface area contributed by atoms with Gasteiger partial charge in [0.25, 0.3) is 0 Å². The monoisotopic (exact) mass is 313 g/mol. The van der Waals surface area contributed by atoms with Crippen LogP contribution >= 0.6 is 15.9 Å². The number of benzene rings is 1. The summed E-state index contributed by atoms with van der Waals surface area (Å²) < 4.78 is 18.6. The van der Waals surface area contributed by atoms with Crippen LogP contribution in [0.15, 0.2) is 27.2 Å². The van der Waals surface area contributed by atoms with Crippen LogP contribution < -0.4 is 5.32 Å². The molecule has 0 fully saturated rings. The molecular weight excluding hydrogens is 301 g/mol. The lowest BCUT2D eigenvalue weighted by Crippen LogP contribution is -2.08. The van der Waals surface area contributed by atoms with Gasteiger partial charge in [0, 0.05) is 12.0 Å². The minimum Gasteiger partial charge on any atom is -0.339 e. The van der Waals surface area contributed by atoms with E-state index in [0.29, 0.717) is 16.2 Å². The van der Waals surface area contributed by atoms with E-state index in [2.05, 4.69) is 31.4 Å². The van der Waals surface area contributed by atoms with Crippen molar-refractivity contribution in [1.82, 2.24) is 15.5 Å². The minimum absolute atomic E-state index is 0.309. The largest absolute Gasteiger partial charge is 0.339 e. The van der Waals surface area contributed by atoms with Crippen LogP contribution in [-0.4, -0.2) is 23.7 Å². The van der Waals surface area contributed by atoms with Gasteiger partial charge in [-0.1, -0.05) is 5.16 Å². The summed E-state index contributed by atoms with van der Waals surface area (Å²) in [4.78, 5) is 4.27. The molecular formula is C12H13BrFN3O. The van der Waals surface area contributed by atoms with Crippen molar-refractivity contribution in [3.05, 3.63) is 34.4 Å². The average Bonchev–Trinajstić information content (AvgIpc) is 2.82. The fourth-order valence-corrected chi connectivity index (χ4v) is 1.90. The summed E-state index contributed by atoms with van der Waals surface area (Å²) in [5.74, 6) is 0.771. The van der Waals surface area contributed by atoms with E-state index >= 15 is 0 Å². The quantitative estimate of drug-likeness (QED) is 0.862. The topological polar surface area (TPSA) is 51.0 Å². The summed E-state index contributed by atoms with van der Waals surface area (Å²) in [5, 5.41) is 6.94. The number of halogens is 2. The van der Waals surface area contributed by atoms with Crippen molar-refractivity contribution < 1.29 is 8.91 Å². The van der Waals surface area contributed by atoms with E-state index in [4.69, 9.17) is 4.52 Å². The van der Waals surface area contributed by atoms with Crippen LogP contribution in [0.2, 0.25) is 0 Å². The number of hydrogen-bond acceptors (Lipinski definition) is 4. The molecule has 0 atom stereocenters. The van der Waals surface area contributed by atoms with Gasteiger partial charge in [0.2, 0.25) is 11.7 Å². The molecule has 0 radical (unpaired) electrons. The Bertz CT molecular complexity index is 530. The van der Waals surface area contributed by atoms with Crippen molar-refractivity contribution in [2.75, 3.05) is 13.6 Å². The van der Waals surface area contributed by atoms with Gasteiger partial charge in [-0.3, -0.25) is 0 Å². The second-order valence-electron chi connectivity index (χ2n) is 3.85. The molecule has 6 heteroatoms. The number of nitrogens with zero attached hydrogens (tertiary/aromatic N) is 2. The van der Waals surface area contributed by atoms with Gasteiger partial charge in [0.05, 0.1) is 4.47 Å². The number of aromatic nitrogens is 2. The highest BCUT2D eigenvalue weighted by Gasteiger charge is 2.10. The molecule has 1 heterocycles. The lowest BCUT2D eigenvalue weighted by Gasteiger charge is -1.96. The highest BCUT2D eigenvalue weighted by molar-refractivity contribution is 9.10. The minimum atomic E-state index is -0.309. The molecule has 1 aromatic heterocycles. The van der Waals surface area contributed by atoms with Crippen molar-refractivity contribution in [3.63, 3.8) is 0 Å². The third-order valence-electron chi connectivity index (χ3n) is 2.46. The smallest absolute Gasteiger partial charge is 0.227 e. The third kappa shape index (κ3) is 3.14. The highest BCUT2D eigenvalue weighted by Crippen LogP contribution is 2.23. The second kappa shape index (κ2) is 6.06. The zero-order valence-corrected chi connectivity index (χ0v) is 11.5. The average molecular weight is 314 g/mol. The molecule has 1 N–H and O–H groups in total. The Morgan fingerprint density at radius 1 is 1.44 bits per heavy atom. The lowest BCUT2D eigenvalue weighted by atomic mass is 10.2. The van der Waals surface area contributed by atoms with Crippen molar-refractivity contribution in [3.8, 4) is 11.4 Å². The van der Waals surface area contributed by atoms with Gasteiger partial charge < -0.3 is 9.84 Å². The fourth-order valence-electron chi connectivity index (χ4n) is 1.53. The van der Waals surface area contributed by atoms with Gasteiger partial charge in [-0.05, 0) is 54.1 Å². The molecule has 1 aromatic carbocycles. The van der Waals surface area contributed by atoms with Crippen LogP contribution in [0, 0.1) is 5.82 Å². The molecule has 96 valence electrons. The predicted octanol–water partition coefficient (Wildman–Crippen LogP) is 2.79. The molecule has 0 bridgehead atoms. The summed E-state index contributed by atoms with van der Waals surface area (Å²) in [6.07, 6.45) is 1.67. The Labute approximate surface area is 113 Å². The van der Waals surface area contributed by atoms with Crippen molar-refractivity contribution >= 4 is 15.9 Å². The van der Waals surface area contributed by atoms with E-state index in [1.54, 1.807) is 12.1 Å². The lowest BCUT2D eigenvalue weighted by molar-refractivity contribution is 0.375. The van der Waals surface area contributed by atoms with Gasteiger partial charge >= 0.3 is 0 Å². The van der Waals surface area contributed by atoms with Gasteiger partial charge in [-0.15, -0.1) is 0 Å². The summed E-state index contributed by atoms with van der Waals surface area (Å²) in [5.41, 5.74) is 0.729. The van der Waals surface area contributed by atoms with Gasteiger partial charge in [-0.2, -0.15) is 4.98 Å². The van der Waals surface area contributed by atoms with Crippen LogP contribution in [0.5, 0.6) is 0 Å². The molecule has 0 aliphatic rings. The van der Waals surface area contributed by atoms with Crippen LogP contribution in [0.1, 0.15) is 12.3 Å². The third-order valence-corrected chi connectivity index (χ3v) is 3.07. The first-order valence-corrected chi connectivity index (χ1v) is 6.42. The van der Waals surface area contributed by atoms with E-state index in [-0.39, 0.29) is 5.82 Å². The number of nitrogens with one attached hydrogen (secondary N) is 1. The fraction of sp³-hybridized carbons (Fsp3) is 0.333. The predicted molar refractivity (Wildman–Crippen MR) is 69.6 cm³/mol. The maximum absolute atomic E-state index is 13.1. The van der Waals surface area contributed by atoms with Crippen molar-refractivity contribution in [2.45, 2.75) is 12.8 Å². The summed E-state index contributed by atoms with van der Waals surface area (Å²) in [6, 6.07) is 4.64. The number of rotatable bonds is 5. The van der Waals surface area contributed by atoms with E-state index in [1.807, 2.05) is 7.05 Å². The Hall–Kier alpha value is -1.27. The Morgan fingerprint density at radius 3 is 3.00 bits per heavy atom. The standard InChI is InChI=1S/C12H13BrFN3O/c1-15-6-2-3-11-16-12(17-18-11)8-4-5-10(14)9(13)7-8/h4-5,7,15H,2-3,6H2,1H3. The Balaban J connectivity index is 2.11. The number of hydrogen-bond donors (Lipinski definition) is 1.